The Morgan fingerprint density at radius 1 is 1.03 bits per heavy atom. The monoisotopic (exact) mass is 456 g/mol. The SMILES string of the molecule is CC(C)(Oc1ccc(Cl)cc1)C(=O)Nc1ccc(-c2nc3ccccc3s2)c(Cl)c1. The Labute approximate surface area is 188 Å². The molecular weight excluding hydrogens is 439 g/mol. The van der Waals surface area contributed by atoms with Gasteiger partial charge in [-0.25, -0.2) is 4.98 Å². The van der Waals surface area contributed by atoms with Gasteiger partial charge in [-0.3, -0.25) is 4.79 Å². The molecule has 0 aliphatic heterocycles. The molecule has 152 valence electrons. The number of nitrogens with zero attached hydrogens (tertiary/aromatic N) is 1. The lowest BCUT2D eigenvalue weighted by atomic mass is 10.1. The van der Waals surface area contributed by atoms with Crippen molar-refractivity contribution in [1.29, 1.82) is 0 Å². The van der Waals surface area contributed by atoms with Crippen LogP contribution in [-0.4, -0.2) is 16.5 Å². The Hall–Kier alpha value is -2.60. The van der Waals surface area contributed by atoms with Gasteiger partial charge in [0.15, 0.2) is 5.60 Å². The Morgan fingerprint density at radius 3 is 2.47 bits per heavy atom. The van der Waals surface area contributed by atoms with Crippen LogP contribution in [0, 0.1) is 0 Å². The van der Waals surface area contributed by atoms with Gasteiger partial charge in [-0.15, -0.1) is 11.3 Å². The van der Waals surface area contributed by atoms with E-state index in [0.29, 0.717) is 21.5 Å². The molecule has 0 saturated heterocycles. The van der Waals surface area contributed by atoms with Gasteiger partial charge in [0.1, 0.15) is 10.8 Å². The Bertz CT molecular complexity index is 1190. The number of carbonyl (C=O) groups excluding carboxylic acids is 1. The molecule has 30 heavy (non-hydrogen) atoms. The van der Waals surface area contributed by atoms with Crippen LogP contribution in [0.3, 0.4) is 0 Å². The van der Waals surface area contributed by atoms with E-state index in [4.69, 9.17) is 27.9 Å². The zero-order chi connectivity index (χ0) is 21.3. The van der Waals surface area contributed by atoms with Crippen molar-refractivity contribution in [3.05, 3.63) is 76.8 Å². The first kappa shape index (κ1) is 20.7. The predicted octanol–water partition coefficient (Wildman–Crippen LogP) is 7.07. The Balaban J connectivity index is 1.51. The summed E-state index contributed by atoms with van der Waals surface area (Å²) in [6.07, 6.45) is 0. The summed E-state index contributed by atoms with van der Waals surface area (Å²) < 4.78 is 6.93. The fourth-order valence-electron chi connectivity index (χ4n) is 2.88. The summed E-state index contributed by atoms with van der Waals surface area (Å²) in [5.41, 5.74) is 1.26. The summed E-state index contributed by atoms with van der Waals surface area (Å²) in [7, 11) is 0. The zero-order valence-corrected chi connectivity index (χ0v) is 18.6. The molecule has 4 rings (SSSR count). The van der Waals surface area contributed by atoms with E-state index >= 15 is 0 Å². The molecule has 1 heterocycles. The van der Waals surface area contributed by atoms with Crippen LogP contribution in [0.2, 0.25) is 10.0 Å². The lowest BCUT2D eigenvalue weighted by molar-refractivity contribution is -0.128. The number of carbonyl (C=O) groups is 1. The Morgan fingerprint density at radius 2 is 1.77 bits per heavy atom. The number of para-hydroxylation sites is 1. The molecule has 0 aliphatic carbocycles. The molecule has 1 N–H and O–H groups in total. The summed E-state index contributed by atoms with van der Waals surface area (Å²) >= 11 is 14.0. The molecular formula is C23H18Cl2N2O2S. The van der Waals surface area contributed by atoms with E-state index in [1.807, 2.05) is 36.4 Å². The minimum atomic E-state index is -1.09. The average Bonchev–Trinajstić information content (AvgIpc) is 3.13. The van der Waals surface area contributed by atoms with Gasteiger partial charge in [-0.2, -0.15) is 0 Å². The van der Waals surface area contributed by atoms with Crippen LogP contribution in [0.4, 0.5) is 5.69 Å². The number of anilines is 1. The van der Waals surface area contributed by atoms with Crippen LogP contribution >= 0.6 is 34.5 Å². The lowest BCUT2D eigenvalue weighted by Gasteiger charge is -2.25. The van der Waals surface area contributed by atoms with Crippen LogP contribution in [0.1, 0.15) is 13.8 Å². The fraction of sp³-hybridized carbons (Fsp3) is 0.130. The number of ether oxygens (including phenoxy) is 1. The van der Waals surface area contributed by atoms with E-state index in [1.54, 1.807) is 55.5 Å². The van der Waals surface area contributed by atoms with Crippen molar-refractivity contribution >= 4 is 56.3 Å². The number of rotatable bonds is 5. The molecule has 0 radical (unpaired) electrons. The van der Waals surface area contributed by atoms with Crippen LogP contribution in [0.15, 0.2) is 66.7 Å². The molecule has 0 bridgehead atoms. The van der Waals surface area contributed by atoms with Gasteiger partial charge in [0.05, 0.1) is 15.2 Å². The Kier molecular flexibility index (Phi) is 5.69. The normalized spacial score (nSPS) is 11.5. The predicted molar refractivity (Wildman–Crippen MR) is 125 cm³/mol. The van der Waals surface area contributed by atoms with Gasteiger partial charge in [-0.05, 0) is 68.4 Å². The van der Waals surface area contributed by atoms with Crippen molar-refractivity contribution in [2.24, 2.45) is 0 Å². The third-order valence-corrected chi connectivity index (χ3v) is 6.12. The second-order valence-electron chi connectivity index (χ2n) is 7.20. The molecule has 3 aromatic carbocycles. The standard InChI is InChI=1S/C23H18Cl2N2O2S/c1-23(2,29-16-10-7-14(24)8-11-16)22(28)26-15-9-12-17(18(25)13-15)21-27-19-5-3-4-6-20(19)30-21/h3-13H,1-2H3,(H,26,28). The molecule has 0 atom stereocenters. The van der Waals surface area contributed by atoms with E-state index in [9.17, 15) is 4.79 Å². The molecule has 1 amide bonds. The molecule has 4 aromatic rings. The highest BCUT2D eigenvalue weighted by molar-refractivity contribution is 7.21. The van der Waals surface area contributed by atoms with Crippen molar-refractivity contribution in [3.8, 4) is 16.3 Å². The number of hydrogen-bond donors (Lipinski definition) is 1. The second-order valence-corrected chi connectivity index (χ2v) is 9.08. The largest absolute Gasteiger partial charge is 0.478 e. The molecule has 0 unspecified atom stereocenters. The maximum atomic E-state index is 12.8. The first-order valence-corrected chi connectivity index (χ1v) is 10.8. The van der Waals surface area contributed by atoms with E-state index in [1.165, 1.54) is 0 Å². The van der Waals surface area contributed by atoms with Gasteiger partial charge >= 0.3 is 0 Å². The molecule has 0 saturated carbocycles. The number of benzene rings is 3. The molecule has 4 nitrogen and oxygen atoms in total. The maximum Gasteiger partial charge on any atom is 0.267 e. The second kappa shape index (κ2) is 8.26. The van der Waals surface area contributed by atoms with Gasteiger partial charge < -0.3 is 10.1 Å². The smallest absolute Gasteiger partial charge is 0.267 e. The molecule has 0 spiro atoms. The summed E-state index contributed by atoms with van der Waals surface area (Å²) in [4.78, 5) is 17.4. The summed E-state index contributed by atoms with van der Waals surface area (Å²) in [6.45, 7) is 3.40. The number of nitrogens with one attached hydrogen (secondary N) is 1. The number of fused-ring (bicyclic) bond motifs is 1. The average molecular weight is 457 g/mol. The van der Waals surface area contributed by atoms with E-state index in [0.717, 1.165) is 20.8 Å². The highest BCUT2D eigenvalue weighted by Gasteiger charge is 2.30. The first-order valence-electron chi connectivity index (χ1n) is 9.23. The topological polar surface area (TPSA) is 51.2 Å². The number of halogens is 2. The quantitative estimate of drug-likeness (QED) is 0.349. The van der Waals surface area contributed by atoms with Crippen molar-refractivity contribution in [2.45, 2.75) is 19.4 Å². The van der Waals surface area contributed by atoms with Gasteiger partial charge in [0.25, 0.3) is 5.91 Å². The highest BCUT2D eigenvalue weighted by Crippen LogP contribution is 2.35. The lowest BCUT2D eigenvalue weighted by Crippen LogP contribution is -2.42. The molecule has 0 aliphatic rings. The zero-order valence-electron chi connectivity index (χ0n) is 16.3. The summed E-state index contributed by atoms with van der Waals surface area (Å²) in [5.74, 6) is 0.269. The number of hydrogen-bond acceptors (Lipinski definition) is 4. The minimum Gasteiger partial charge on any atom is -0.478 e. The molecule has 1 aromatic heterocycles. The van der Waals surface area contributed by atoms with Gasteiger partial charge in [0.2, 0.25) is 0 Å². The number of aromatic nitrogens is 1. The summed E-state index contributed by atoms with van der Waals surface area (Å²) in [5, 5.41) is 4.83. The van der Waals surface area contributed by atoms with Gasteiger partial charge in [-0.1, -0.05) is 35.3 Å². The van der Waals surface area contributed by atoms with E-state index < -0.39 is 5.60 Å². The fourth-order valence-corrected chi connectivity index (χ4v) is 4.34. The first-order chi connectivity index (χ1) is 14.3. The number of thiazole rings is 1. The van der Waals surface area contributed by atoms with Gasteiger partial charge in [0, 0.05) is 16.3 Å². The highest BCUT2D eigenvalue weighted by atomic mass is 35.5. The van der Waals surface area contributed by atoms with Crippen molar-refractivity contribution < 1.29 is 9.53 Å². The van der Waals surface area contributed by atoms with Crippen LogP contribution < -0.4 is 10.1 Å². The van der Waals surface area contributed by atoms with Crippen LogP contribution in [-0.2, 0) is 4.79 Å². The molecule has 0 fully saturated rings. The summed E-state index contributed by atoms with van der Waals surface area (Å²) in [6, 6.07) is 20.2. The minimum absolute atomic E-state index is 0.291. The van der Waals surface area contributed by atoms with E-state index in [-0.39, 0.29) is 5.91 Å². The van der Waals surface area contributed by atoms with Crippen molar-refractivity contribution in [1.82, 2.24) is 4.98 Å². The third kappa shape index (κ3) is 4.43. The maximum absolute atomic E-state index is 12.8. The van der Waals surface area contributed by atoms with Crippen LogP contribution in [0.5, 0.6) is 5.75 Å². The van der Waals surface area contributed by atoms with Crippen molar-refractivity contribution in [3.63, 3.8) is 0 Å². The molecule has 7 heteroatoms. The number of amides is 1. The van der Waals surface area contributed by atoms with E-state index in [2.05, 4.69) is 10.3 Å². The van der Waals surface area contributed by atoms with Crippen LogP contribution in [0.25, 0.3) is 20.8 Å². The third-order valence-electron chi connectivity index (χ3n) is 4.48. The van der Waals surface area contributed by atoms with Crippen molar-refractivity contribution in [2.75, 3.05) is 5.32 Å².